The summed E-state index contributed by atoms with van der Waals surface area (Å²) >= 11 is 8.58. The molecule has 0 unspecified atom stereocenters. The third-order valence-corrected chi connectivity index (χ3v) is 7.18. The lowest BCUT2D eigenvalue weighted by atomic mass is 10.1. The molecule has 0 aromatic heterocycles. The smallest absolute Gasteiger partial charge is 0.343 e. The van der Waals surface area contributed by atoms with Crippen LogP contribution in [-0.4, -0.2) is 34.0 Å². The fraction of sp³-hybridized carbons (Fsp3) is 0.0800. The van der Waals surface area contributed by atoms with Gasteiger partial charge >= 0.3 is 5.97 Å². The maximum atomic E-state index is 13.0. The standard InChI is InChI=1S/C25H16ClIN2O7S/c1-35-20-11-14(10-18(27)22(20)36-24(31)15-6-8-17(26)9-7-15)12-21-23(30)28(25(32)37-21)13-16-4-2-3-5-19(16)29(33)34/h2-12H,13H2,1H3/b21-12-. The van der Waals surface area contributed by atoms with Gasteiger partial charge in [0.15, 0.2) is 11.5 Å². The summed E-state index contributed by atoms with van der Waals surface area (Å²) in [6, 6.07) is 15.4. The van der Waals surface area contributed by atoms with E-state index in [1.54, 1.807) is 42.5 Å². The molecule has 1 aliphatic heterocycles. The molecular formula is C25H16ClIN2O7S. The molecule has 1 saturated heterocycles. The number of thioether (sulfide) groups is 1. The lowest BCUT2D eigenvalue weighted by Crippen LogP contribution is -2.27. The number of benzene rings is 3. The van der Waals surface area contributed by atoms with Crippen molar-refractivity contribution in [3.8, 4) is 11.5 Å². The van der Waals surface area contributed by atoms with Crippen LogP contribution in [0.25, 0.3) is 6.08 Å². The lowest BCUT2D eigenvalue weighted by Gasteiger charge is -2.13. The highest BCUT2D eigenvalue weighted by Gasteiger charge is 2.36. The molecule has 1 fully saturated rings. The van der Waals surface area contributed by atoms with Gasteiger partial charge in [0, 0.05) is 16.7 Å². The van der Waals surface area contributed by atoms with Crippen LogP contribution in [0.1, 0.15) is 21.5 Å². The number of hydrogen-bond acceptors (Lipinski definition) is 8. The Labute approximate surface area is 233 Å². The number of methoxy groups -OCH3 is 1. The Morgan fingerprint density at radius 2 is 1.86 bits per heavy atom. The van der Waals surface area contributed by atoms with E-state index >= 15 is 0 Å². The normalized spacial score (nSPS) is 14.2. The Balaban J connectivity index is 1.57. The zero-order valence-corrected chi connectivity index (χ0v) is 22.7. The van der Waals surface area contributed by atoms with E-state index < -0.39 is 22.0 Å². The summed E-state index contributed by atoms with van der Waals surface area (Å²) in [4.78, 5) is 49.9. The van der Waals surface area contributed by atoms with Gasteiger partial charge in [-0.3, -0.25) is 24.6 Å². The van der Waals surface area contributed by atoms with E-state index in [0.29, 0.717) is 19.7 Å². The van der Waals surface area contributed by atoms with Crippen molar-refractivity contribution in [1.82, 2.24) is 4.90 Å². The van der Waals surface area contributed by atoms with Crippen molar-refractivity contribution in [2.45, 2.75) is 6.54 Å². The van der Waals surface area contributed by atoms with Crippen molar-refractivity contribution < 1.29 is 28.8 Å². The van der Waals surface area contributed by atoms with Gasteiger partial charge in [0.05, 0.1) is 32.6 Å². The van der Waals surface area contributed by atoms with Gasteiger partial charge in [0.25, 0.3) is 16.8 Å². The second-order valence-electron chi connectivity index (χ2n) is 7.58. The summed E-state index contributed by atoms with van der Waals surface area (Å²) in [5.41, 5.74) is 0.912. The summed E-state index contributed by atoms with van der Waals surface area (Å²) in [7, 11) is 1.41. The molecule has 0 N–H and O–H groups in total. The molecule has 2 amide bonds. The minimum absolute atomic E-state index is 0.146. The van der Waals surface area contributed by atoms with Gasteiger partial charge in [0.1, 0.15) is 0 Å². The van der Waals surface area contributed by atoms with Crippen LogP contribution in [0, 0.1) is 13.7 Å². The number of para-hydroxylation sites is 1. The van der Waals surface area contributed by atoms with Gasteiger partial charge in [0.2, 0.25) is 0 Å². The predicted molar refractivity (Wildman–Crippen MR) is 147 cm³/mol. The first-order valence-electron chi connectivity index (χ1n) is 10.5. The quantitative estimate of drug-likeness (QED) is 0.0729. The maximum Gasteiger partial charge on any atom is 0.343 e. The molecule has 9 nitrogen and oxygen atoms in total. The summed E-state index contributed by atoms with van der Waals surface area (Å²) < 4.78 is 11.5. The zero-order valence-electron chi connectivity index (χ0n) is 19.0. The fourth-order valence-corrected chi connectivity index (χ4v) is 5.14. The largest absolute Gasteiger partial charge is 0.493 e. The monoisotopic (exact) mass is 650 g/mol. The van der Waals surface area contributed by atoms with Crippen molar-refractivity contribution in [3.63, 3.8) is 0 Å². The second-order valence-corrected chi connectivity index (χ2v) is 10.2. The molecule has 3 aromatic carbocycles. The van der Waals surface area contributed by atoms with Crippen molar-refractivity contribution in [1.29, 1.82) is 0 Å². The van der Waals surface area contributed by atoms with Gasteiger partial charge < -0.3 is 9.47 Å². The van der Waals surface area contributed by atoms with Crippen LogP contribution in [0.15, 0.2) is 65.6 Å². The number of carbonyl (C=O) groups is 3. The van der Waals surface area contributed by atoms with Crippen LogP contribution < -0.4 is 9.47 Å². The molecule has 0 saturated carbocycles. The van der Waals surface area contributed by atoms with Crippen LogP contribution in [0.4, 0.5) is 10.5 Å². The molecular weight excluding hydrogens is 635 g/mol. The topological polar surface area (TPSA) is 116 Å². The Morgan fingerprint density at radius 1 is 1.16 bits per heavy atom. The third kappa shape index (κ3) is 5.95. The van der Waals surface area contributed by atoms with Gasteiger partial charge in [-0.2, -0.15) is 0 Å². The van der Waals surface area contributed by atoms with Crippen LogP contribution >= 0.6 is 46.0 Å². The number of hydrogen-bond donors (Lipinski definition) is 0. The van der Waals surface area contributed by atoms with Crippen molar-refractivity contribution in [2.24, 2.45) is 0 Å². The van der Waals surface area contributed by atoms with Crippen molar-refractivity contribution in [3.05, 3.63) is 101 Å². The summed E-state index contributed by atoms with van der Waals surface area (Å²) in [6.07, 6.45) is 1.51. The van der Waals surface area contributed by atoms with Crippen LogP contribution in [0.5, 0.6) is 11.5 Å². The fourth-order valence-electron chi connectivity index (χ4n) is 3.44. The van der Waals surface area contributed by atoms with Crippen LogP contribution in [0.3, 0.4) is 0 Å². The Bertz CT molecular complexity index is 1460. The van der Waals surface area contributed by atoms with E-state index in [4.69, 9.17) is 21.1 Å². The van der Waals surface area contributed by atoms with Crippen LogP contribution in [0.2, 0.25) is 5.02 Å². The number of ether oxygens (including phenoxy) is 2. The Morgan fingerprint density at radius 3 is 2.54 bits per heavy atom. The summed E-state index contributed by atoms with van der Waals surface area (Å²) in [5, 5.41) is 11.2. The van der Waals surface area contributed by atoms with E-state index in [1.807, 2.05) is 22.6 Å². The number of nitro benzene ring substituents is 1. The van der Waals surface area contributed by atoms with Crippen molar-refractivity contribution in [2.75, 3.05) is 7.11 Å². The Hall–Kier alpha value is -3.42. The van der Waals surface area contributed by atoms with E-state index in [2.05, 4.69) is 0 Å². The molecule has 0 radical (unpaired) electrons. The average Bonchev–Trinajstić information content (AvgIpc) is 3.13. The number of nitrogens with zero attached hydrogens (tertiary/aromatic N) is 2. The van der Waals surface area contributed by atoms with Gasteiger partial charge in [-0.1, -0.05) is 29.8 Å². The molecule has 3 aromatic rings. The first kappa shape index (κ1) is 26.6. The number of esters is 1. The zero-order chi connectivity index (χ0) is 26.7. The summed E-state index contributed by atoms with van der Waals surface area (Å²) in [5.74, 6) is -0.721. The Kier molecular flexibility index (Phi) is 8.15. The molecule has 1 heterocycles. The van der Waals surface area contributed by atoms with Gasteiger partial charge in [-0.15, -0.1) is 0 Å². The van der Waals surface area contributed by atoms with Gasteiger partial charge in [-0.25, -0.2) is 4.79 Å². The third-order valence-electron chi connectivity index (χ3n) is 5.21. The minimum Gasteiger partial charge on any atom is -0.493 e. The molecule has 188 valence electrons. The van der Waals surface area contributed by atoms with Crippen molar-refractivity contribution >= 4 is 74.8 Å². The number of nitro groups is 1. The molecule has 0 atom stereocenters. The first-order chi connectivity index (χ1) is 17.7. The minimum atomic E-state index is -0.600. The molecule has 4 rings (SSSR count). The highest BCUT2D eigenvalue weighted by molar-refractivity contribution is 14.1. The highest BCUT2D eigenvalue weighted by Crippen LogP contribution is 2.38. The number of carbonyl (C=O) groups excluding carboxylic acids is 3. The number of halogens is 2. The van der Waals surface area contributed by atoms with E-state index in [1.165, 1.54) is 31.4 Å². The van der Waals surface area contributed by atoms with E-state index in [9.17, 15) is 24.5 Å². The molecule has 0 aliphatic carbocycles. The average molecular weight is 651 g/mol. The summed E-state index contributed by atoms with van der Waals surface area (Å²) in [6.45, 7) is -0.223. The van der Waals surface area contributed by atoms with E-state index in [0.717, 1.165) is 16.7 Å². The molecule has 0 spiro atoms. The predicted octanol–water partition coefficient (Wildman–Crippen LogP) is 6.32. The molecule has 12 heteroatoms. The first-order valence-corrected chi connectivity index (χ1v) is 12.8. The maximum absolute atomic E-state index is 13.0. The molecule has 0 bridgehead atoms. The number of rotatable bonds is 7. The lowest BCUT2D eigenvalue weighted by molar-refractivity contribution is -0.385. The SMILES string of the molecule is COc1cc(/C=C2\SC(=O)N(Cc3ccccc3[N+](=O)[O-])C2=O)cc(I)c1OC(=O)c1ccc(Cl)cc1. The number of imide groups is 1. The van der Waals surface area contributed by atoms with E-state index in [-0.39, 0.29) is 34.2 Å². The molecule has 1 aliphatic rings. The molecule has 37 heavy (non-hydrogen) atoms. The van der Waals surface area contributed by atoms with Crippen LogP contribution in [-0.2, 0) is 11.3 Å². The van der Waals surface area contributed by atoms with Gasteiger partial charge in [-0.05, 0) is 82.4 Å². The highest BCUT2D eigenvalue weighted by atomic mass is 127. The second kappa shape index (κ2) is 11.3. The number of amides is 2.